The Morgan fingerprint density at radius 1 is 0.848 bits per heavy atom. The van der Waals surface area contributed by atoms with Crippen molar-refractivity contribution in [2.24, 2.45) is 0 Å². The number of benzene rings is 3. The Balaban J connectivity index is 1.56. The van der Waals surface area contributed by atoms with E-state index < -0.39 is 29.7 Å². The Labute approximate surface area is 190 Å². The highest BCUT2D eigenvalue weighted by Crippen LogP contribution is 2.39. The molecule has 33 heavy (non-hydrogen) atoms. The van der Waals surface area contributed by atoms with E-state index in [1.807, 2.05) is 24.3 Å². The summed E-state index contributed by atoms with van der Waals surface area (Å²) in [5, 5.41) is 0. The van der Waals surface area contributed by atoms with E-state index in [-0.39, 0.29) is 24.0 Å². The Morgan fingerprint density at radius 3 is 2.21 bits per heavy atom. The molecule has 6 heteroatoms. The van der Waals surface area contributed by atoms with Crippen LogP contribution in [0.2, 0.25) is 0 Å². The molecule has 1 aliphatic heterocycles. The second kappa shape index (κ2) is 9.54. The Bertz CT molecular complexity index is 1120. The van der Waals surface area contributed by atoms with Crippen LogP contribution in [0.4, 0.5) is 22.0 Å². The molecule has 1 atom stereocenters. The van der Waals surface area contributed by atoms with Crippen LogP contribution in [0.5, 0.6) is 5.75 Å². The van der Waals surface area contributed by atoms with Crippen LogP contribution in [-0.2, 0) is 12.8 Å². The second-order valence-electron chi connectivity index (χ2n) is 8.48. The molecule has 0 spiro atoms. The van der Waals surface area contributed by atoms with Gasteiger partial charge in [-0.25, -0.2) is 8.78 Å². The minimum Gasteiger partial charge on any atom is -0.478 e. The Kier molecular flexibility index (Phi) is 6.73. The molecule has 3 aromatic carbocycles. The van der Waals surface area contributed by atoms with Gasteiger partial charge in [0.25, 0.3) is 0 Å². The lowest BCUT2D eigenvalue weighted by molar-refractivity contribution is -0.199. The van der Waals surface area contributed by atoms with E-state index in [0.29, 0.717) is 11.1 Å². The van der Waals surface area contributed by atoms with Crippen LogP contribution in [0.25, 0.3) is 22.3 Å². The van der Waals surface area contributed by atoms with Gasteiger partial charge in [-0.15, -0.1) is 0 Å². The van der Waals surface area contributed by atoms with Gasteiger partial charge in [-0.2, -0.15) is 13.2 Å². The second-order valence-corrected chi connectivity index (χ2v) is 8.48. The van der Waals surface area contributed by atoms with Crippen molar-refractivity contribution in [3.05, 3.63) is 77.4 Å². The van der Waals surface area contributed by atoms with Crippen molar-refractivity contribution < 1.29 is 26.7 Å². The molecule has 0 radical (unpaired) electrons. The zero-order valence-electron chi connectivity index (χ0n) is 18.3. The number of aryl methyl sites for hydroxylation is 2. The molecule has 4 rings (SSSR count). The summed E-state index contributed by atoms with van der Waals surface area (Å²) >= 11 is 0. The summed E-state index contributed by atoms with van der Waals surface area (Å²) in [7, 11) is 0. The highest BCUT2D eigenvalue weighted by Gasteiger charge is 2.44. The highest BCUT2D eigenvalue weighted by molar-refractivity contribution is 5.72. The van der Waals surface area contributed by atoms with Crippen LogP contribution in [-0.4, -0.2) is 12.3 Å². The number of rotatable bonds is 6. The number of unbranched alkanes of at least 4 members (excludes halogenated alkanes) is 2. The molecule has 1 heterocycles. The maximum atomic E-state index is 15.0. The number of ether oxygens (including phenoxy) is 1. The number of alkyl halides is 3. The third-order valence-electron chi connectivity index (χ3n) is 6.06. The molecule has 1 unspecified atom stereocenters. The number of hydrogen-bond acceptors (Lipinski definition) is 1. The van der Waals surface area contributed by atoms with Crippen LogP contribution in [0.3, 0.4) is 0 Å². The van der Waals surface area contributed by atoms with E-state index in [2.05, 4.69) is 6.92 Å². The minimum atomic E-state index is -4.56. The fourth-order valence-electron chi connectivity index (χ4n) is 4.21. The number of halogens is 5. The quantitative estimate of drug-likeness (QED) is 0.266. The normalized spacial score (nSPS) is 15.8. The maximum absolute atomic E-state index is 15.0. The van der Waals surface area contributed by atoms with Gasteiger partial charge < -0.3 is 4.74 Å². The van der Waals surface area contributed by atoms with Crippen molar-refractivity contribution in [1.29, 1.82) is 0 Å². The van der Waals surface area contributed by atoms with Crippen LogP contribution in [0.15, 0.2) is 54.6 Å². The van der Waals surface area contributed by atoms with Crippen LogP contribution >= 0.6 is 0 Å². The van der Waals surface area contributed by atoms with Gasteiger partial charge in [-0.1, -0.05) is 56.2 Å². The lowest BCUT2D eigenvalue weighted by Gasteiger charge is -2.28. The molecule has 0 aliphatic carbocycles. The molecule has 0 fully saturated rings. The van der Waals surface area contributed by atoms with E-state index in [0.717, 1.165) is 24.5 Å². The lowest BCUT2D eigenvalue weighted by atomic mass is 9.94. The maximum Gasteiger partial charge on any atom is 0.425 e. The minimum absolute atomic E-state index is 0.00851. The van der Waals surface area contributed by atoms with E-state index in [1.165, 1.54) is 30.5 Å². The first-order valence-corrected chi connectivity index (χ1v) is 11.2. The molecule has 1 aliphatic rings. The van der Waals surface area contributed by atoms with Gasteiger partial charge in [0.1, 0.15) is 5.82 Å². The first kappa shape index (κ1) is 23.3. The van der Waals surface area contributed by atoms with Crippen molar-refractivity contribution in [3.63, 3.8) is 0 Å². The predicted octanol–water partition coefficient (Wildman–Crippen LogP) is 8.29. The molecule has 3 aromatic rings. The van der Waals surface area contributed by atoms with Gasteiger partial charge in [0.2, 0.25) is 0 Å². The summed E-state index contributed by atoms with van der Waals surface area (Å²) in [4.78, 5) is 0. The smallest absolute Gasteiger partial charge is 0.425 e. The van der Waals surface area contributed by atoms with Crippen molar-refractivity contribution >= 4 is 0 Å². The SMILES string of the molecule is CCCCCc1ccc(-c2ccc(-c3cc(F)c4c(c3)CCC(C(F)(F)F)O4)c(F)c2)cc1. The summed E-state index contributed by atoms with van der Waals surface area (Å²) in [6, 6.07) is 15.3. The van der Waals surface area contributed by atoms with E-state index in [1.54, 1.807) is 12.1 Å². The molecule has 0 saturated heterocycles. The fraction of sp³-hybridized carbons (Fsp3) is 0.333. The molecule has 0 N–H and O–H groups in total. The van der Waals surface area contributed by atoms with Crippen LogP contribution in [0.1, 0.15) is 43.7 Å². The molecular formula is C27H25F5O. The van der Waals surface area contributed by atoms with Gasteiger partial charge in [0.05, 0.1) is 0 Å². The van der Waals surface area contributed by atoms with Crippen molar-refractivity contribution in [2.45, 2.75) is 57.7 Å². The topological polar surface area (TPSA) is 9.23 Å². The third kappa shape index (κ3) is 5.21. The summed E-state index contributed by atoms with van der Waals surface area (Å²) in [6.07, 6.45) is -2.37. The average molecular weight is 460 g/mol. The molecule has 174 valence electrons. The molecular weight excluding hydrogens is 435 g/mol. The zero-order valence-corrected chi connectivity index (χ0v) is 18.3. The first-order chi connectivity index (χ1) is 15.8. The largest absolute Gasteiger partial charge is 0.478 e. The Hall–Kier alpha value is -2.89. The molecule has 0 amide bonds. The fourth-order valence-corrected chi connectivity index (χ4v) is 4.21. The van der Waals surface area contributed by atoms with Crippen LogP contribution in [0, 0.1) is 11.6 Å². The van der Waals surface area contributed by atoms with Crippen molar-refractivity contribution in [2.75, 3.05) is 0 Å². The van der Waals surface area contributed by atoms with Gasteiger partial charge in [0.15, 0.2) is 17.7 Å². The van der Waals surface area contributed by atoms with Gasteiger partial charge in [-0.05, 0) is 71.7 Å². The molecule has 1 nitrogen and oxygen atoms in total. The summed E-state index contributed by atoms with van der Waals surface area (Å²) in [6.45, 7) is 2.16. The monoisotopic (exact) mass is 460 g/mol. The zero-order chi connectivity index (χ0) is 23.6. The van der Waals surface area contributed by atoms with Gasteiger partial charge >= 0.3 is 6.18 Å². The van der Waals surface area contributed by atoms with Crippen molar-refractivity contribution in [3.8, 4) is 28.0 Å². The molecule has 0 aromatic heterocycles. The first-order valence-electron chi connectivity index (χ1n) is 11.2. The Morgan fingerprint density at radius 2 is 1.55 bits per heavy atom. The molecule has 0 bridgehead atoms. The lowest BCUT2D eigenvalue weighted by Crippen LogP contribution is -2.37. The van der Waals surface area contributed by atoms with Crippen molar-refractivity contribution in [1.82, 2.24) is 0 Å². The predicted molar refractivity (Wildman–Crippen MR) is 119 cm³/mol. The summed E-state index contributed by atoms with van der Waals surface area (Å²) in [5.74, 6) is -1.84. The summed E-state index contributed by atoms with van der Waals surface area (Å²) < 4.78 is 73.3. The molecule has 0 saturated carbocycles. The summed E-state index contributed by atoms with van der Waals surface area (Å²) in [5.41, 5.74) is 3.59. The highest BCUT2D eigenvalue weighted by atomic mass is 19.4. The number of fused-ring (bicyclic) bond motifs is 1. The van der Waals surface area contributed by atoms with E-state index in [4.69, 9.17) is 4.74 Å². The number of hydrogen-bond donors (Lipinski definition) is 0. The van der Waals surface area contributed by atoms with E-state index >= 15 is 0 Å². The standard InChI is InChI=1S/C27H25F5O/c1-2-3-4-5-17-6-8-18(9-7-17)19-10-12-22(23(28)15-19)21-14-20-11-13-25(27(30,31)32)33-26(20)24(29)16-21/h6-10,12,14-16,25H,2-5,11,13H2,1H3. The van der Waals surface area contributed by atoms with Crippen LogP contribution < -0.4 is 4.74 Å². The van der Waals surface area contributed by atoms with Gasteiger partial charge in [0, 0.05) is 5.56 Å². The average Bonchev–Trinajstić information content (AvgIpc) is 2.79. The van der Waals surface area contributed by atoms with E-state index in [9.17, 15) is 22.0 Å². The third-order valence-corrected chi connectivity index (χ3v) is 6.06. The van der Waals surface area contributed by atoms with Gasteiger partial charge in [-0.3, -0.25) is 0 Å².